The van der Waals surface area contributed by atoms with Crippen LogP contribution in [0.3, 0.4) is 0 Å². The summed E-state index contributed by atoms with van der Waals surface area (Å²) >= 11 is 0. The average molecular weight is 277 g/mol. The molecule has 0 aliphatic heterocycles. The summed E-state index contributed by atoms with van der Waals surface area (Å²) in [6.45, 7) is 1.53. The fraction of sp³-hybridized carbons (Fsp3) is 0.154. The predicted molar refractivity (Wildman–Crippen MR) is 70.9 cm³/mol. The van der Waals surface area contributed by atoms with Gasteiger partial charge in [0.05, 0.1) is 0 Å². The van der Waals surface area contributed by atoms with E-state index in [4.69, 9.17) is 9.78 Å². The van der Waals surface area contributed by atoms with Crippen molar-refractivity contribution in [3.8, 4) is 5.75 Å². The van der Waals surface area contributed by atoms with E-state index >= 15 is 0 Å². The molecule has 2 aromatic carbocycles. The molecule has 0 aliphatic carbocycles. The molecule has 0 heterocycles. The summed E-state index contributed by atoms with van der Waals surface area (Å²) in [5.41, 5.74) is 0. The first-order valence-electron chi connectivity index (χ1n) is 5.66. The van der Waals surface area contributed by atoms with Gasteiger partial charge in [0.15, 0.2) is 5.75 Å². The van der Waals surface area contributed by atoms with Crippen molar-refractivity contribution >= 4 is 25.4 Å². The Balaban J connectivity index is 2.10. The molecule has 6 heteroatoms. The molecule has 0 saturated carbocycles. The molecule has 0 bridgehead atoms. The zero-order valence-corrected chi connectivity index (χ0v) is 11.1. The molecule has 1 N–H and O–H groups in total. The third-order valence-corrected chi connectivity index (χ3v) is 3.06. The quantitative estimate of drug-likeness (QED) is 0.517. The van der Waals surface area contributed by atoms with Gasteiger partial charge in [-0.1, -0.05) is 36.4 Å². The minimum atomic E-state index is -0.714. The second kappa shape index (κ2) is 6.27. The number of benzene rings is 2. The minimum Gasteiger partial charge on any atom is -0.286 e. The summed E-state index contributed by atoms with van der Waals surface area (Å²) in [6, 6.07) is 12.3. The lowest BCUT2D eigenvalue weighted by Gasteiger charge is -2.09. The number of nitrogens with one attached hydrogen (secondary N) is 1. The highest BCUT2D eigenvalue weighted by Gasteiger charge is 2.16. The molecule has 0 radical (unpaired) electrons. The fourth-order valence-electron chi connectivity index (χ4n) is 1.56. The smallest absolute Gasteiger partial charge is 0.286 e. The number of rotatable bonds is 5. The van der Waals surface area contributed by atoms with Gasteiger partial charge in [-0.15, -0.1) is 0 Å². The second-order valence-corrected chi connectivity index (χ2v) is 4.35. The lowest BCUT2D eigenvalue weighted by atomic mass is 10.1. The standard InChI is InChI=1S/C13H12NO4P/c1-9(14-19-16)13(15)18-17-12-8-4-6-10-5-2-3-7-11(10)12/h2-9H,1H3,(H,14,16). The molecule has 98 valence electrons. The molecule has 0 saturated heterocycles. The van der Waals surface area contributed by atoms with Crippen LogP contribution in [0.1, 0.15) is 6.92 Å². The summed E-state index contributed by atoms with van der Waals surface area (Å²) in [6.07, 6.45) is 0. The van der Waals surface area contributed by atoms with E-state index < -0.39 is 12.0 Å². The topological polar surface area (TPSA) is 64.6 Å². The van der Waals surface area contributed by atoms with Gasteiger partial charge in [-0.25, -0.2) is 14.8 Å². The molecule has 5 nitrogen and oxygen atoms in total. The van der Waals surface area contributed by atoms with Crippen molar-refractivity contribution in [2.24, 2.45) is 0 Å². The maximum absolute atomic E-state index is 11.5. The Bertz CT molecular complexity index is 597. The molecule has 2 rings (SSSR count). The van der Waals surface area contributed by atoms with Crippen LogP contribution in [0.15, 0.2) is 42.5 Å². The van der Waals surface area contributed by atoms with E-state index in [1.807, 2.05) is 36.4 Å². The van der Waals surface area contributed by atoms with Gasteiger partial charge in [0, 0.05) is 5.39 Å². The Labute approximate surface area is 111 Å². The van der Waals surface area contributed by atoms with Crippen LogP contribution in [0, 0.1) is 0 Å². The van der Waals surface area contributed by atoms with Crippen LogP contribution >= 0.6 is 8.61 Å². The second-order valence-electron chi connectivity index (χ2n) is 3.91. The summed E-state index contributed by atoms with van der Waals surface area (Å²) in [5, 5.41) is 4.21. The molecule has 1 unspecified atom stereocenters. The van der Waals surface area contributed by atoms with E-state index in [1.165, 1.54) is 6.92 Å². The van der Waals surface area contributed by atoms with Gasteiger partial charge in [0.25, 0.3) is 0 Å². The van der Waals surface area contributed by atoms with Crippen molar-refractivity contribution in [2.75, 3.05) is 0 Å². The molecule has 0 aliphatic rings. The normalized spacial score (nSPS) is 12.3. The van der Waals surface area contributed by atoms with Crippen molar-refractivity contribution < 1.29 is 19.1 Å². The van der Waals surface area contributed by atoms with Gasteiger partial charge in [-0.2, -0.15) is 0 Å². The first-order chi connectivity index (χ1) is 9.22. The Morgan fingerprint density at radius 2 is 1.95 bits per heavy atom. The maximum atomic E-state index is 11.5. The highest BCUT2D eigenvalue weighted by atomic mass is 31.1. The molecule has 2 aromatic rings. The van der Waals surface area contributed by atoms with Gasteiger partial charge in [0.2, 0.25) is 8.61 Å². The van der Waals surface area contributed by atoms with E-state index in [1.54, 1.807) is 6.07 Å². The molecular formula is C13H12NO4P. The Morgan fingerprint density at radius 1 is 1.21 bits per heavy atom. The average Bonchev–Trinajstić information content (AvgIpc) is 2.45. The van der Waals surface area contributed by atoms with Gasteiger partial charge in [-0.05, 0) is 18.4 Å². The van der Waals surface area contributed by atoms with Crippen molar-refractivity contribution in [3.05, 3.63) is 42.5 Å². The summed E-state index contributed by atoms with van der Waals surface area (Å²) in [5.74, 6) is -0.186. The Kier molecular flexibility index (Phi) is 4.44. The molecule has 0 fully saturated rings. The van der Waals surface area contributed by atoms with Crippen LogP contribution in [0.2, 0.25) is 0 Å². The zero-order chi connectivity index (χ0) is 13.7. The fourth-order valence-corrected chi connectivity index (χ4v) is 1.82. The Morgan fingerprint density at radius 3 is 2.74 bits per heavy atom. The zero-order valence-electron chi connectivity index (χ0n) is 10.2. The van der Waals surface area contributed by atoms with Gasteiger partial charge >= 0.3 is 5.97 Å². The summed E-state index contributed by atoms with van der Waals surface area (Å²) < 4.78 is 10.3. The number of carbonyl (C=O) groups excluding carboxylic acids is 1. The first-order valence-corrected chi connectivity index (χ1v) is 6.47. The summed E-state index contributed by atoms with van der Waals surface area (Å²) in [4.78, 5) is 21.2. The minimum absolute atomic E-state index is 0.332. The van der Waals surface area contributed by atoms with Gasteiger partial charge in [0.1, 0.15) is 6.04 Å². The van der Waals surface area contributed by atoms with Crippen LogP contribution in [0.25, 0.3) is 10.8 Å². The van der Waals surface area contributed by atoms with Crippen LogP contribution < -0.4 is 9.97 Å². The highest BCUT2D eigenvalue weighted by Crippen LogP contribution is 2.25. The van der Waals surface area contributed by atoms with Crippen molar-refractivity contribution in [3.63, 3.8) is 0 Å². The number of fused-ring (bicyclic) bond motifs is 1. The largest absolute Gasteiger partial charge is 0.372 e. The van der Waals surface area contributed by atoms with E-state index in [9.17, 15) is 9.36 Å². The SMILES string of the molecule is CC(NP=O)C(=O)OOc1cccc2ccccc12. The van der Waals surface area contributed by atoms with E-state index in [-0.39, 0.29) is 8.61 Å². The number of hydrogen-bond donors (Lipinski definition) is 1. The number of carbonyl (C=O) groups is 1. The van der Waals surface area contributed by atoms with Gasteiger partial charge in [-0.3, -0.25) is 9.45 Å². The molecule has 1 atom stereocenters. The van der Waals surface area contributed by atoms with Crippen molar-refractivity contribution in [1.29, 1.82) is 0 Å². The molecule has 0 aromatic heterocycles. The Hall–Kier alpha value is -1.97. The highest BCUT2D eigenvalue weighted by molar-refractivity contribution is 7.21. The lowest BCUT2D eigenvalue weighted by molar-refractivity contribution is -0.214. The lowest BCUT2D eigenvalue weighted by Crippen LogP contribution is -2.30. The molecular weight excluding hydrogens is 265 g/mol. The van der Waals surface area contributed by atoms with E-state index in [0.29, 0.717) is 5.75 Å². The molecule has 0 spiro atoms. The third kappa shape index (κ3) is 3.28. The van der Waals surface area contributed by atoms with Crippen LogP contribution in [-0.2, 0) is 14.2 Å². The van der Waals surface area contributed by atoms with Crippen LogP contribution in [0.4, 0.5) is 0 Å². The monoisotopic (exact) mass is 277 g/mol. The van der Waals surface area contributed by atoms with E-state index in [2.05, 4.69) is 5.09 Å². The van der Waals surface area contributed by atoms with Crippen LogP contribution in [0.5, 0.6) is 5.75 Å². The van der Waals surface area contributed by atoms with E-state index in [0.717, 1.165) is 10.8 Å². The number of hydrogen-bond acceptors (Lipinski definition) is 4. The summed E-state index contributed by atoms with van der Waals surface area (Å²) in [7, 11) is -0.332. The predicted octanol–water partition coefficient (Wildman–Crippen LogP) is 2.86. The molecule has 0 amide bonds. The first kappa shape index (κ1) is 13.5. The van der Waals surface area contributed by atoms with Crippen LogP contribution in [-0.4, -0.2) is 12.0 Å². The van der Waals surface area contributed by atoms with Crippen molar-refractivity contribution in [1.82, 2.24) is 5.09 Å². The third-order valence-electron chi connectivity index (χ3n) is 2.56. The maximum Gasteiger partial charge on any atom is 0.372 e. The van der Waals surface area contributed by atoms with Gasteiger partial charge < -0.3 is 0 Å². The molecule has 19 heavy (non-hydrogen) atoms. The van der Waals surface area contributed by atoms with Crippen molar-refractivity contribution in [2.45, 2.75) is 13.0 Å².